The number of halogens is 1. The number of sulfonamides is 1. The first-order valence-corrected chi connectivity index (χ1v) is 13.5. The van der Waals surface area contributed by atoms with Crippen molar-refractivity contribution in [3.63, 3.8) is 0 Å². The summed E-state index contributed by atoms with van der Waals surface area (Å²) in [5, 5.41) is 7.06. The van der Waals surface area contributed by atoms with Crippen LogP contribution in [-0.2, 0) is 24.3 Å². The summed E-state index contributed by atoms with van der Waals surface area (Å²) in [5.74, 6) is -0.346. The van der Waals surface area contributed by atoms with Gasteiger partial charge in [-0.15, -0.1) is 0 Å². The van der Waals surface area contributed by atoms with E-state index in [0.717, 1.165) is 35.6 Å². The number of hydrazone groups is 1. The largest absolute Gasteiger partial charge is 0.484 e. The minimum absolute atomic E-state index is 0.0727. The average molecular weight is 537 g/mol. The van der Waals surface area contributed by atoms with E-state index in [9.17, 15) is 18.0 Å². The second-order valence-electron chi connectivity index (χ2n) is 8.29. The number of hydrogen-bond acceptors (Lipinski definition) is 7. The van der Waals surface area contributed by atoms with E-state index in [4.69, 9.17) is 21.1 Å². The van der Waals surface area contributed by atoms with Gasteiger partial charge in [0, 0.05) is 18.2 Å². The van der Waals surface area contributed by atoms with Gasteiger partial charge < -0.3 is 14.8 Å². The summed E-state index contributed by atoms with van der Waals surface area (Å²) in [7, 11) is -3.73. The Balaban J connectivity index is 1.47. The fourth-order valence-electron chi connectivity index (χ4n) is 3.36. The normalized spacial score (nSPS) is 15.6. The zero-order chi connectivity index (χ0) is 26.1. The molecule has 1 heterocycles. The van der Waals surface area contributed by atoms with E-state index in [-0.39, 0.29) is 24.3 Å². The minimum Gasteiger partial charge on any atom is -0.484 e. The maximum atomic E-state index is 12.3. The van der Waals surface area contributed by atoms with Crippen LogP contribution in [0.25, 0.3) is 0 Å². The lowest BCUT2D eigenvalue weighted by Crippen LogP contribution is -2.39. The van der Waals surface area contributed by atoms with Crippen molar-refractivity contribution in [3.05, 3.63) is 58.6 Å². The second-order valence-corrected chi connectivity index (χ2v) is 10.6. The van der Waals surface area contributed by atoms with Gasteiger partial charge in [0.05, 0.1) is 24.3 Å². The number of ether oxygens (including phenoxy) is 2. The van der Waals surface area contributed by atoms with Gasteiger partial charge >= 0.3 is 0 Å². The number of rotatable bonds is 11. The Hall–Kier alpha value is -3.15. The van der Waals surface area contributed by atoms with Crippen LogP contribution in [0.2, 0.25) is 5.02 Å². The number of nitrogens with zero attached hydrogens (tertiary/aromatic N) is 2. The molecule has 1 aliphatic heterocycles. The maximum Gasteiger partial charge on any atom is 0.260 e. The molecule has 0 spiro atoms. The standard InChI is InChI=1S/C24H29ClN4O6S/c1-17-5-8-19(12-22(17)25)29(36(2,32)33)15-23(30)28-27-13-18-6-9-20(10-7-18)35-16-24(31)26-14-21-4-3-11-34-21/h5-10,12-13,21H,3-4,11,14-16H2,1-2H3,(H,26,31)(H,28,30)/b27-13-/t21-/m0/s1. The molecule has 0 bridgehead atoms. The van der Waals surface area contributed by atoms with Crippen LogP contribution in [0.15, 0.2) is 47.6 Å². The summed E-state index contributed by atoms with van der Waals surface area (Å²) in [6.45, 7) is 2.43. The van der Waals surface area contributed by atoms with Gasteiger partial charge in [-0.05, 0) is 67.3 Å². The number of nitrogens with one attached hydrogen (secondary N) is 2. The van der Waals surface area contributed by atoms with Gasteiger partial charge in [-0.25, -0.2) is 13.8 Å². The van der Waals surface area contributed by atoms with Crippen LogP contribution < -0.4 is 19.8 Å². The van der Waals surface area contributed by atoms with Crippen molar-refractivity contribution in [2.75, 3.05) is 36.9 Å². The van der Waals surface area contributed by atoms with Crippen molar-refractivity contribution in [3.8, 4) is 5.75 Å². The molecular weight excluding hydrogens is 508 g/mol. The molecule has 1 atom stereocenters. The molecular formula is C24H29ClN4O6S. The van der Waals surface area contributed by atoms with E-state index in [1.54, 1.807) is 43.3 Å². The van der Waals surface area contributed by atoms with Crippen molar-refractivity contribution in [1.82, 2.24) is 10.7 Å². The Morgan fingerprint density at radius 1 is 1.22 bits per heavy atom. The van der Waals surface area contributed by atoms with Gasteiger partial charge in [-0.1, -0.05) is 17.7 Å². The van der Waals surface area contributed by atoms with Crippen LogP contribution in [0.4, 0.5) is 5.69 Å². The zero-order valence-electron chi connectivity index (χ0n) is 20.1. The monoisotopic (exact) mass is 536 g/mol. The predicted molar refractivity (Wildman–Crippen MR) is 138 cm³/mol. The highest BCUT2D eigenvalue weighted by Gasteiger charge is 2.21. The molecule has 194 valence electrons. The van der Waals surface area contributed by atoms with E-state index in [2.05, 4.69) is 15.8 Å². The summed E-state index contributed by atoms with van der Waals surface area (Å²) in [5.41, 5.74) is 4.05. The first kappa shape index (κ1) is 27.4. The lowest BCUT2D eigenvalue weighted by Gasteiger charge is -2.21. The first-order chi connectivity index (χ1) is 17.1. The van der Waals surface area contributed by atoms with Crippen LogP contribution in [0.5, 0.6) is 5.75 Å². The van der Waals surface area contributed by atoms with Crippen molar-refractivity contribution in [2.45, 2.75) is 25.9 Å². The molecule has 2 N–H and O–H groups in total. The van der Waals surface area contributed by atoms with Crippen molar-refractivity contribution in [1.29, 1.82) is 0 Å². The molecule has 0 unspecified atom stereocenters. The number of carbonyl (C=O) groups is 2. The molecule has 10 nitrogen and oxygen atoms in total. The van der Waals surface area contributed by atoms with E-state index in [1.807, 2.05) is 0 Å². The van der Waals surface area contributed by atoms with Crippen molar-refractivity contribution >= 4 is 45.3 Å². The molecule has 12 heteroatoms. The third-order valence-corrected chi connectivity index (χ3v) is 6.88. The van der Waals surface area contributed by atoms with Crippen LogP contribution >= 0.6 is 11.6 Å². The Kier molecular flexibility index (Phi) is 9.68. The lowest BCUT2D eigenvalue weighted by molar-refractivity contribution is -0.123. The number of amides is 2. The van der Waals surface area contributed by atoms with Crippen LogP contribution in [-0.4, -0.2) is 65.1 Å². The third-order valence-electron chi connectivity index (χ3n) is 5.33. The highest BCUT2D eigenvalue weighted by Crippen LogP contribution is 2.24. The Morgan fingerprint density at radius 3 is 2.61 bits per heavy atom. The molecule has 3 rings (SSSR count). The molecule has 0 radical (unpaired) electrons. The highest BCUT2D eigenvalue weighted by molar-refractivity contribution is 7.92. The molecule has 0 aliphatic carbocycles. The van der Waals surface area contributed by atoms with Gasteiger partial charge in [0.15, 0.2) is 6.61 Å². The summed E-state index contributed by atoms with van der Waals surface area (Å²) < 4.78 is 36.3. The zero-order valence-corrected chi connectivity index (χ0v) is 21.6. The molecule has 36 heavy (non-hydrogen) atoms. The topological polar surface area (TPSA) is 126 Å². The smallest absolute Gasteiger partial charge is 0.260 e. The third kappa shape index (κ3) is 8.51. The summed E-state index contributed by atoms with van der Waals surface area (Å²) in [6, 6.07) is 11.5. The average Bonchev–Trinajstić information content (AvgIpc) is 3.36. The van der Waals surface area contributed by atoms with Crippen LogP contribution in [0, 0.1) is 6.92 Å². The molecule has 2 aromatic rings. The molecule has 2 amide bonds. The molecule has 1 saturated heterocycles. The number of hydrogen-bond donors (Lipinski definition) is 2. The molecule has 1 aliphatic rings. The summed E-state index contributed by atoms with van der Waals surface area (Å²) in [6.07, 6.45) is 4.45. The van der Waals surface area contributed by atoms with Gasteiger partial charge in [0.25, 0.3) is 11.8 Å². The Bertz CT molecular complexity index is 1200. The van der Waals surface area contributed by atoms with E-state index >= 15 is 0 Å². The van der Waals surface area contributed by atoms with Crippen LogP contribution in [0.1, 0.15) is 24.0 Å². The van der Waals surface area contributed by atoms with Gasteiger partial charge in [-0.2, -0.15) is 5.10 Å². The maximum absolute atomic E-state index is 12.3. The van der Waals surface area contributed by atoms with Gasteiger partial charge in [-0.3, -0.25) is 13.9 Å². The SMILES string of the molecule is Cc1ccc(N(CC(=O)N/N=C\c2ccc(OCC(=O)NC[C@@H]3CCCO3)cc2)S(C)(=O)=O)cc1Cl. The van der Waals surface area contributed by atoms with E-state index < -0.39 is 22.5 Å². The van der Waals surface area contributed by atoms with E-state index in [1.165, 1.54) is 12.3 Å². The van der Waals surface area contributed by atoms with Gasteiger partial charge in [0.2, 0.25) is 10.0 Å². The minimum atomic E-state index is -3.73. The number of benzene rings is 2. The first-order valence-electron chi connectivity index (χ1n) is 11.3. The highest BCUT2D eigenvalue weighted by atomic mass is 35.5. The Morgan fingerprint density at radius 2 is 1.97 bits per heavy atom. The fourth-order valence-corrected chi connectivity index (χ4v) is 4.39. The van der Waals surface area contributed by atoms with Crippen molar-refractivity contribution in [2.24, 2.45) is 5.10 Å². The van der Waals surface area contributed by atoms with Crippen LogP contribution in [0.3, 0.4) is 0 Å². The number of aryl methyl sites for hydroxylation is 1. The lowest BCUT2D eigenvalue weighted by atomic mass is 10.2. The van der Waals surface area contributed by atoms with E-state index in [0.29, 0.717) is 22.9 Å². The molecule has 0 aromatic heterocycles. The second kappa shape index (κ2) is 12.7. The predicted octanol–water partition coefficient (Wildman–Crippen LogP) is 2.24. The molecule has 2 aromatic carbocycles. The number of anilines is 1. The molecule has 1 fully saturated rings. The van der Waals surface area contributed by atoms with Crippen molar-refractivity contribution < 1.29 is 27.5 Å². The molecule has 0 saturated carbocycles. The van der Waals surface area contributed by atoms with Gasteiger partial charge in [0.1, 0.15) is 12.3 Å². The summed E-state index contributed by atoms with van der Waals surface area (Å²) in [4.78, 5) is 24.2. The fraction of sp³-hybridized carbons (Fsp3) is 0.375. The number of carbonyl (C=O) groups excluding carboxylic acids is 2. The quantitative estimate of drug-likeness (QED) is 0.335. The summed E-state index contributed by atoms with van der Waals surface area (Å²) >= 11 is 6.10. The Labute approximate surface area is 215 Å².